The number of aromatic nitrogens is 2. The first-order chi connectivity index (χ1) is 6.65. The number of hydrogen-bond donors (Lipinski definition) is 2. The van der Waals surface area contributed by atoms with Crippen LogP contribution in [0, 0.1) is 0 Å². The summed E-state index contributed by atoms with van der Waals surface area (Å²) in [6, 6.07) is 0. The number of hydrogen-bond acceptors (Lipinski definition) is 7. The van der Waals surface area contributed by atoms with Crippen LogP contribution in [-0.2, 0) is 9.63 Å². The van der Waals surface area contributed by atoms with Gasteiger partial charge in [0, 0.05) is 11.5 Å². The molecule has 0 radical (unpaired) electrons. The molecule has 0 amide bonds. The van der Waals surface area contributed by atoms with Gasteiger partial charge in [-0.2, -0.15) is 9.36 Å². The summed E-state index contributed by atoms with van der Waals surface area (Å²) in [6.07, 6.45) is 0. The number of carbonyl (C=O) groups is 1. The Kier molecular flexibility index (Phi) is 3.35. The molecule has 0 spiro atoms. The van der Waals surface area contributed by atoms with Gasteiger partial charge in [-0.05, 0) is 6.92 Å². The van der Waals surface area contributed by atoms with Crippen LogP contribution in [0.2, 0.25) is 0 Å². The van der Waals surface area contributed by atoms with Gasteiger partial charge < -0.3 is 15.7 Å². The quantitative estimate of drug-likeness (QED) is 0.539. The molecule has 0 saturated carbocycles. The van der Waals surface area contributed by atoms with Crippen molar-refractivity contribution in [2.45, 2.75) is 6.92 Å². The highest BCUT2D eigenvalue weighted by molar-refractivity contribution is 7.09. The highest BCUT2D eigenvalue weighted by Gasteiger charge is 2.18. The van der Waals surface area contributed by atoms with Gasteiger partial charge in [-0.15, -0.1) is 0 Å². The first kappa shape index (κ1) is 10.4. The van der Waals surface area contributed by atoms with Crippen LogP contribution in [-0.4, -0.2) is 32.8 Å². The summed E-state index contributed by atoms with van der Waals surface area (Å²) < 4.78 is 3.70. The largest absolute Gasteiger partial charge is 0.476 e. The number of oxime groups is 1. The topological polar surface area (TPSA) is 111 Å². The highest BCUT2D eigenvalue weighted by atomic mass is 32.1. The van der Waals surface area contributed by atoms with E-state index in [4.69, 9.17) is 10.8 Å². The normalized spacial score (nSPS) is 11.4. The molecule has 7 nitrogen and oxygen atoms in total. The van der Waals surface area contributed by atoms with Crippen molar-refractivity contribution in [1.82, 2.24) is 9.36 Å². The van der Waals surface area contributed by atoms with Crippen molar-refractivity contribution < 1.29 is 14.7 Å². The van der Waals surface area contributed by atoms with Crippen LogP contribution < -0.4 is 5.73 Å². The molecule has 0 aliphatic carbocycles. The molecule has 1 aromatic rings. The summed E-state index contributed by atoms with van der Waals surface area (Å²) >= 11 is 0.901. The van der Waals surface area contributed by atoms with Crippen LogP contribution in [0.25, 0.3) is 0 Å². The maximum Gasteiger partial charge on any atom is 0.362 e. The predicted molar refractivity (Wildman–Crippen MR) is 50.1 cm³/mol. The first-order valence-corrected chi connectivity index (χ1v) is 4.45. The van der Waals surface area contributed by atoms with Crippen LogP contribution in [0.1, 0.15) is 12.7 Å². The van der Waals surface area contributed by atoms with Crippen molar-refractivity contribution in [2.75, 3.05) is 12.3 Å². The summed E-state index contributed by atoms with van der Waals surface area (Å²) in [4.78, 5) is 19.0. The summed E-state index contributed by atoms with van der Waals surface area (Å²) in [6.45, 7) is 1.96. The molecular formula is C6H8N4O3S. The predicted octanol–water partition coefficient (Wildman–Crippen LogP) is -0.0545. The van der Waals surface area contributed by atoms with E-state index in [0.717, 1.165) is 11.5 Å². The van der Waals surface area contributed by atoms with Crippen LogP contribution in [0.5, 0.6) is 0 Å². The van der Waals surface area contributed by atoms with E-state index in [1.807, 2.05) is 0 Å². The Morgan fingerprint density at radius 3 is 2.93 bits per heavy atom. The Morgan fingerprint density at radius 2 is 2.50 bits per heavy atom. The van der Waals surface area contributed by atoms with Gasteiger partial charge in [0.25, 0.3) is 0 Å². The second kappa shape index (κ2) is 4.51. The number of rotatable bonds is 4. The summed E-state index contributed by atoms with van der Waals surface area (Å²) in [5.41, 5.74) is 4.95. The molecule has 0 aromatic carbocycles. The fourth-order valence-electron chi connectivity index (χ4n) is 0.636. The van der Waals surface area contributed by atoms with Crippen molar-refractivity contribution in [3.63, 3.8) is 0 Å². The molecule has 0 aliphatic rings. The number of nitrogens with zero attached hydrogens (tertiary/aromatic N) is 3. The molecule has 0 saturated heterocycles. The molecule has 3 N–H and O–H groups in total. The molecule has 0 atom stereocenters. The molecule has 8 heteroatoms. The Morgan fingerprint density at radius 1 is 1.79 bits per heavy atom. The third kappa shape index (κ3) is 2.39. The van der Waals surface area contributed by atoms with Gasteiger partial charge in [0.05, 0.1) is 0 Å². The zero-order chi connectivity index (χ0) is 10.6. The molecule has 76 valence electrons. The van der Waals surface area contributed by atoms with Crippen molar-refractivity contribution in [2.24, 2.45) is 5.16 Å². The lowest BCUT2D eigenvalue weighted by molar-refractivity contribution is -0.129. The minimum absolute atomic E-state index is 0.0338. The van der Waals surface area contributed by atoms with E-state index < -0.39 is 5.97 Å². The Bertz CT molecular complexity index is 362. The van der Waals surface area contributed by atoms with E-state index in [-0.39, 0.29) is 23.3 Å². The van der Waals surface area contributed by atoms with E-state index >= 15 is 0 Å². The number of aliphatic carboxylic acids is 1. The van der Waals surface area contributed by atoms with Gasteiger partial charge in [0.1, 0.15) is 6.61 Å². The van der Waals surface area contributed by atoms with Crippen molar-refractivity contribution >= 4 is 28.3 Å². The summed E-state index contributed by atoms with van der Waals surface area (Å²) in [5.74, 6) is -1.29. The molecule has 0 unspecified atom stereocenters. The standard InChI is InChI=1S/C6H8N4O3S/c1-2-13-9-3(5(11)12)4-8-6(7)14-10-4/h2H2,1H3,(H,11,12)(H2,7,8,10)/b9-3-. The molecule has 0 bridgehead atoms. The highest BCUT2D eigenvalue weighted by Crippen LogP contribution is 2.07. The Hall–Kier alpha value is -1.70. The summed E-state index contributed by atoms with van der Waals surface area (Å²) in [5, 5.41) is 12.3. The summed E-state index contributed by atoms with van der Waals surface area (Å²) in [7, 11) is 0. The van der Waals surface area contributed by atoms with Gasteiger partial charge in [-0.1, -0.05) is 5.16 Å². The minimum Gasteiger partial charge on any atom is -0.476 e. The number of anilines is 1. The Labute approximate surface area is 83.4 Å². The average molecular weight is 216 g/mol. The van der Waals surface area contributed by atoms with Crippen molar-refractivity contribution in [3.05, 3.63) is 5.82 Å². The van der Waals surface area contributed by atoms with Crippen LogP contribution in [0.3, 0.4) is 0 Å². The Balaban J connectivity index is 2.94. The van der Waals surface area contributed by atoms with Crippen LogP contribution in [0.15, 0.2) is 5.16 Å². The second-order valence-corrected chi connectivity index (χ2v) is 2.90. The zero-order valence-electron chi connectivity index (χ0n) is 7.30. The number of carboxylic acids is 1. The van der Waals surface area contributed by atoms with Gasteiger partial charge >= 0.3 is 5.97 Å². The zero-order valence-corrected chi connectivity index (χ0v) is 8.11. The van der Waals surface area contributed by atoms with E-state index in [9.17, 15) is 4.79 Å². The van der Waals surface area contributed by atoms with Gasteiger partial charge in [0.2, 0.25) is 11.5 Å². The van der Waals surface area contributed by atoms with Crippen molar-refractivity contribution in [3.8, 4) is 0 Å². The fraction of sp³-hybridized carbons (Fsp3) is 0.333. The van der Waals surface area contributed by atoms with E-state index in [0.29, 0.717) is 0 Å². The van der Waals surface area contributed by atoms with Gasteiger partial charge in [-0.25, -0.2) is 4.79 Å². The number of carboxylic acid groups (broad SMARTS) is 1. The van der Waals surface area contributed by atoms with Gasteiger partial charge in [-0.3, -0.25) is 0 Å². The van der Waals surface area contributed by atoms with E-state index in [1.165, 1.54) is 0 Å². The smallest absolute Gasteiger partial charge is 0.362 e. The SMILES string of the molecule is CCO/N=C(\C(=O)O)c1nsc(N)n1. The maximum absolute atomic E-state index is 10.7. The van der Waals surface area contributed by atoms with Gasteiger partial charge in [0.15, 0.2) is 5.13 Å². The minimum atomic E-state index is -1.25. The lowest BCUT2D eigenvalue weighted by Gasteiger charge is -1.95. The third-order valence-electron chi connectivity index (χ3n) is 1.14. The number of nitrogens with two attached hydrogens (primary N) is 1. The molecule has 1 aromatic heterocycles. The lowest BCUT2D eigenvalue weighted by atomic mass is 10.4. The lowest BCUT2D eigenvalue weighted by Crippen LogP contribution is -2.16. The van der Waals surface area contributed by atoms with Crippen molar-refractivity contribution in [1.29, 1.82) is 0 Å². The van der Waals surface area contributed by atoms with Crippen LogP contribution in [0.4, 0.5) is 5.13 Å². The maximum atomic E-state index is 10.7. The average Bonchev–Trinajstić information content (AvgIpc) is 2.52. The molecule has 14 heavy (non-hydrogen) atoms. The molecule has 0 fully saturated rings. The van der Waals surface area contributed by atoms with E-state index in [2.05, 4.69) is 19.4 Å². The van der Waals surface area contributed by atoms with E-state index in [1.54, 1.807) is 6.92 Å². The third-order valence-corrected chi connectivity index (χ3v) is 1.68. The van der Waals surface area contributed by atoms with Crippen LogP contribution >= 0.6 is 11.5 Å². The first-order valence-electron chi connectivity index (χ1n) is 3.68. The monoisotopic (exact) mass is 216 g/mol. The molecular weight excluding hydrogens is 208 g/mol. The molecule has 1 rings (SSSR count). The fourth-order valence-corrected chi connectivity index (χ4v) is 1.07. The molecule has 1 heterocycles. The second-order valence-electron chi connectivity index (χ2n) is 2.12. The number of nitrogen functional groups attached to an aromatic ring is 1. The molecule has 0 aliphatic heterocycles.